The lowest BCUT2D eigenvalue weighted by molar-refractivity contribution is 0.111. The molecule has 6 nitrogen and oxygen atoms in total. The quantitative estimate of drug-likeness (QED) is 0.431. The fourth-order valence-corrected chi connectivity index (χ4v) is 4.44. The molecule has 3 aromatic carbocycles. The Balaban J connectivity index is 1.55. The highest BCUT2D eigenvalue weighted by molar-refractivity contribution is 5.84. The van der Waals surface area contributed by atoms with Crippen LogP contribution in [0, 0.1) is 0 Å². The lowest BCUT2D eigenvalue weighted by Crippen LogP contribution is -2.20. The van der Waals surface area contributed by atoms with Crippen LogP contribution in [0.2, 0.25) is 0 Å². The molecule has 170 valence electrons. The fraction of sp³-hybridized carbons (Fsp3) is 0.259. The van der Waals surface area contributed by atoms with Gasteiger partial charge >= 0.3 is 0 Å². The molecule has 4 rings (SSSR count). The molecule has 0 spiro atoms. The number of fused-ring (bicyclic) bond motifs is 1. The predicted molar refractivity (Wildman–Crippen MR) is 127 cm³/mol. The lowest BCUT2D eigenvalue weighted by atomic mass is 9.98. The van der Waals surface area contributed by atoms with Crippen LogP contribution in [0.4, 0.5) is 5.69 Å². The minimum absolute atomic E-state index is 0.357. The van der Waals surface area contributed by atoms with Gasteiger partial charge in [0.05, 0.1) is 19.8 Å². The van der Waals surface area contributed by atoms with Gasteiger partial charge in [0, 0.05) is 42.4 Å². The van der Waals surface area contributed by atoms with Crippen LogP contribution < -0.4 is 19.1 Å². The van der Waals surface area contributed by atoms with E-state index in [0.29, 0.717) is 47.2 Å². The van der Waals surface area contributed by atoms with E-state index in [-0.39, 0.29) is 0 Å². The summed E-state index contributed by atoms with van der Waals surface area (Å²) in [6.45, 7) is 4.31. The molecule has 1 aliphatic rings. The second kappa shape index (κ2) is 9.77. The Bertz CT molecular complexity index is 1130. The normalized spacial score (nSPS) is 14.5. The molecule has 0 aromatic heterocycles. The highest BCUT2D eigenvalue weighted by Gasteiger charge is 2.28. The second-order valence-electron chi connectivity index (χ2n) is 8.14. The molecule has 0 bridgehead atoms. The number of benzene rings is 3. The van der Waals surface area contributed by atoms with Crippen LogP contribution in [0.3, 0.4) is 0 Å². The zero-order valence-corrected chi connectivity index (χ0v) is 19.0. The predicted octanol–water partition coefficient (Wildman–Crippen LogP) is 5.03. The number of carbonyl (C=O) groups excluding carboxylic acids is 2. The molecule has 0 saturated heterocycles. The van der Waals surface area contributed by atoms with Crippen LogP contribution in [0.25, 0.3) is 0 Å². The zero-order chi connectivity index (χ0) is 23.4. The van der Waals surface area contributed by atoms with Gasteiger partial charge in [-0.25, -0.2) is 0 Å². The third-order valence-corrected chi connectivity index (χ3v) is 6.02. The van der Waals surface area contributed by atoms with Gasteiger partial charge < -0.3 is 19.1 Å². The second-order valence-corrected chi connectivity index (χ2v) is 8.14. The summed E-state index contributed by atoms with van der Waals surface area (Å²) in [5, 5.41) is 0. The molecule has 1 atom stereocenters. The van der Waals surface area contributed by atoms with E-state index in [1.165, 1.54) is 25.5 Å². The maximum atomic E-state index is 11.4. The Kier molecular flexibility index (Phi) is 6.63. The van der Waals surface area contributed by atoms with Crippen molar-refractivity contribution < 1.29 is 23.8 Å². The van der Waals surface area contributed by atoms with Gasteiger partial charge in [-0.15, -0.1) is 0 Å². The number of carbonyl (C=O) groups is 2. The molecule has 0 saturated carbocycles. The SMILES string of the molecule is COc1cc(OCc2cccc3c2C(C)CN3Cc2ccc(C=O)cc2)cc(OC)c1C=O. The minimum atomic E-state index is 0.357. The molecule has 0 amide bonds. The molecule has 6 heteroatoms. The van der Waals surface area contributed by atoms with E-state index in [9.17, 15) is 9.59 Å². The van der Waals surface area contributed by atoms with Crippen LogP contribution in [0.15, 0.2) is 54.6 Å². The Morgan fingerprint density at radius 1 is 0.970 bits per heavy atom. The summed E-state index contributed by atoms with van der Waals surface area (Å²) in [6, 6.07) is 17.4. The van der Waals surface area contributed by atoms with Crippen LogP contribution in [0.1, 0.15) is 50.2 Å². The van der Waals surface area contributed by atoms with Crippen molar-refractivity contribution >= 4 is 18.3 Å². The molecule has 33 heavy (non-hydrogen) atoms. The van der Waals surface area contributed by atoms with Gasteiger partial charge in [-0.1, -0.05) is 43.3 Å². The van der Waals surface area contributed by atoms with Crippen molar-refractivity contribution in [2.45, 2.75) is 26.0 Å². The third kappa shape index (κ3) is 4.55. The first-order valence-electron chi connectivity index (χ1n) is 10.8. The van der Waals surface area contributed by atoms with Crippen LogP contribution in [0.5, 0.6) is 17.2 Å². The maximum absolute atomic E-state index is 11.4. The largest absolute Gasteiger partial charge is 0.496 e. The van der Waals surface area contributed by atoms with Crippen molar-refractivity contribution in [3.8, 4) is 17.2 Å². The van der Waals surface area contributed by atoms with Crippen molar-refractivity contribution in [3.63, 3.8) is 0 Å². The zero-order valence-electron chi connectivity index (χ0n) is 19.0. The van der Waals surface area contributed by atoms with Crippen LogP contribution >= 0.6 is 0 Å². The molecule has 1 aliphatic heterocycles. The summed E-state index contributed by atoms with van der Waals surface area (Å²) < 4.78 is 16.8. The van der Waals surface area contributed by atoms with Gasteiger partial charge in [-0.2, -0.15) is 0 Å². The Morgan fingerprint density at radius 2 is 1.67 bits per heavy atom. The van der Waals surface area contributed by atoms with Gasteiger partial charge in [0.25, 0.3) is 0 Å². The molecule has 1 heterocycles. The van der Waals surface area contributed by atoms with E-state index >= 15 is 0 Å². The number of hydrogen-bond donors (Lipinski definition) is 0. The Hall–Kier alpha value is -3.80. The first kappa shape index (κ1) is 22.4. The number of ether oxygens (including phenoxy) is 3. The van der Waals surface area contributed by atoms with Gasteiger partial charge in [-0.05, 0) is 22.8 Å². The number of anilines is 1. The van der Waals surface area contributed by atoms with Crippen molar-refractivity contribution in [1.82, 2.24) is 0 Å². The number of methoxy groups -OCH3 is 2. The molecule has 1 unspecified atom stereocenters. The van der Waals surface area contributed by atoms with E-state index in [1.54, 1.807) is 12.1 Å². The first-order chi connectivity index (χ1) is 16.1. The monoisotopic (exact) mass is 445 g/mol. The highest BCUT2D eigenvalue weighted by atomic mass is 16.5. The number of nitrogens with zero attached hydrogens (tertiary/aromatic N) is 1. The van der Waals surface area contributed by atoms with Crippen LogP contribution in [-0.2, 0) is 13.2 Å². The number of hydrogen-bond acceptors (Lipinski definition) is 6. The molecule has 0 radical (unpaired) electrons. The average molecular weight is 446 g/mol. The smallest absolute Gasteiger partial charge is 0.157 e. The van der Waals surface area contributed by atoms with Crippen molar-refractivity contribution in [3.05, 3.63) is 82.4 Å². The standard InChI is InChI=1S/C27H27NO5/c1-18-13-28(14-19-7-9-20(15-29)10-8-19)24-6-4-5-21(27(18)24)17-33-22-11-25(31-2)23(16-30)26(12-22)32-3/h4-12,15-16,18H,13-14,17H2,1-3H3. The minimum Gasteiger partial charge on any atom is -0.496 e. The molecular weight excluding hydrogens is 418 g/mol. The lowest BCUT2D eigenvalue weighted by Gasteiger charge is -2.20. The molecule has 0 N–H and O–H groups in total. The van der Waals surface area contributed by atoms with Gasteiger partial charge in [0.1, 0.15) is 30.1 Å². The third-order valence-electron chi connectivity index (χ3n) is 6.02. The number of rotatable bonds is 9. The molecule has 0 fully saturated rings. The summed E-state index contributed by atoms with van der Waals surface area (Å²) >= 11 is 0. The van der Waals surface area contributed by atoms with E-state index in [2.05, 4.69) is 30.0 Å². The average Bonchev–Trinajstić information content (AvgIpc) is 3.17. The first-order valence-corrected chi connectivity index (χ1v) is 10.8. The Labute approximate surface area is 193 Å². The summed E-state index contributed by atoms with van der Waals surface area (Å²) in [4.78, 5) is 24.7. The summed E-state index contributed by atoms with van der Waals surface area (Å²) in [5.41, 5.74) is 5.81. The fourth-order valence-electron chi connectivity index (χ4n) is 4.44. The van der Waals surface area contributed by atoms with Crippen LogP contribution in [-0.4, -0.2) is 33.3 Å². The summed E-state index contributed by atoms with van der Waals surface area (Å²) in [7, 11) is 3.02. The van der Waals surface area contributed by atoms with Gasteiger partial charge in [0.15, 0.2) is 6.29 Å². The number of aldehydes is 2. The summed E-state index contributed by atoms with van der Waals surface area (Å²) in [6.07, 6.45) is 1.58. The molecule has 0 aliphatic carbocycles. The maximum Gasteiger partial charge on any atom is 0.157 e. The van der Waals surface area contributed by atoms with E-state index in [0.717, 1.165) is 30.5 Å². The van der Waals surface area contributed by atoms with Crippen molar-refractivity contribution in [2.24, 2.45) is 0 Å². The van der Waals surface area contributed by atoms with E-state index in [4.69, 9.17) is 14.2 Å². The van der Waals surface area contributed by atoms with Crippen molar-refractivity contribution in [2.75, 3.05) is 25.7 Å². The van der Waals surface area contributed by atoms with E-state index < -0.39 is 0 Å². The molecule has 3 aromatic rings. The van der Waals surface area contributed by atoms with Crippen molar-refractivity contribution in [1.29, 1.82) is 0 Å². The summed E-state index contributed by atoms with van der Waals surface area (Å²) in [5.74, 6) is 1.76. The van der Waals surface area contributed by atoms with E-state index in [1.807, 2.05) is 24.3 Å². The topological polar surface area (TPSA) is 65.1 Å². The Morgan fingerprint density at radius 3 is 2.27 bits per heavy atom. The van der Waals surface area contributed by atoms with Gasteiger partial charge in [0.2, 0.25) is 0 Å². The molecular formula is C27H27NO5. The highest BCUT2D eigenvalue weighted by Crippen LogP contribution is 2.40. The van der Waals surface area contributed by atoms with Gasteiger partial charge in [-0.3, -0.25) is 9.59 Å².